The van der Waals surface area contributed by atoms with Crippen molar-refractivity contribution in [2.24, 2.45) is 0 Å². The SMILES string of the molecule is O=C(Nc1ccc(F)cc1)c1n[nH]c2c1CCC2. The number of hydrogen-bond acceptors (Lipinski definition) is 2. The molecule has 2 aromatic rings. The Balaban J connectivity index is 1.80. The fourth-order valence-electron chi connectivity index (χ4n) is 2.23. The van der Waals surface area contributed by atoms with Crippen LogP contribution in [0.15, 0.2) is 24.3 Å². The molecule has 4 nitrogen and oxygen atoms in total. The molecule has 0 saturated carbocycles. The topological polar surface area (TPSA) is 57.8 Å². The van der Waals surface area contributed by atoms with Crippen molar-refractivity contribution < 1.29 is 9.18 Å². The van der Waals surface area contributed by atoms with Crippen LogP contribution in [-0.4, -0.2) is 16.1 Å². The lowest BCUT2D eigenvalue weighted by Crippen LogP contribution is -2.14. The van der Waals surface area contributed by atoms with Gasteiger partial charge in [0.05, 0.1) is 0 Å². The number of aryl methyl sites for hydroxylation is 1. The van der Waals surface area contributed by atoms with Crippen molar-refractivity contribution in [1.29, 1.82) is 0 Å². The van der Waals surface area contributed by atoms with Gasteiger partial charge in [-0.2, -0.15) is 5.10 Å². The van der Waals surface area contributed by atoms with Crippen molar-refractivity contribution in [3.63, 3.8) is 0 Å². The molecule has 1 amide bonds. The first-order valence-electron chi connectivity index (χ1n) is 5.87. The van der Waals surface area contributed by atoms with Gasteiger partial charge in [-0.3, -0.25) is 9.89 Å². The van der Waals surface area contributed by atoms with Gasteiger partial charge in [0.25, 0.3) is 5.91 Å². The third-order valence-corrected chi connectivity index (χ3v) is 3.12. The van der Waals surface area contributed by atoms with E-state index in [4.69, 9.17) is 0 Å². The molecule has 0 atom stereocenters. The average molecular weight is 245 g/mol. The molecular formula is C13H12FN3O. The summed E-state index contributed by atoms with van der Waals surface area (Å²) in [7, 11) is 0. The lowest BCUT2D eigenvalue weighted by molar-refractivity contribution is 0.102. The van der Waals surface area contributed by atoms with E-state index in [2.05, 4.69) is 15.5 Å². The van der Waals surface area contributed by atoms with Gasteiger partial charge in [-0.15, -0.1) is 0 Å². The number of anilines is 1. The van der Waals surface area contributed by atoms with E-state index in [1.165, 1.54) is 24.3 Å². The van der Waals surface area contributed by atoms with Gasteiger partial charge in [0.1, 0.15) is 5.82 Å². The number of fused-ring (bicyclic) bond motifs is 1. The quantitative estimate of drug-likeness (QED) is 0.852. The number of carbonyl (C=O) groups is 1. The lowest BCUT2D eigenvalue weighted by Gasteiger charge is -2.03. The number of halogens is 1. The van der Waals surface area contributed by atoms with Gasteiger partial charge in [0.15, 0.2) is 5.69 Å². The van der Waals surface area contributed by atoms with Crippen LogP contribution in [0.5, 0.6) is 0 Å². The van der Waals surface area contributed by atoms with Crippen LogP contribution in [0, 0.1) is 5.82 Å². The van der Waals surface area contributed by atoms with Gasteiger partial charge in [-0.05, 0) is 43.5 Å². The summed E-state index contributed by atoms with van der Waals surface area (Å²) in [6.45, 7) is 0. The number of nitrogens with one attached hydrogen (secondary N) is 2. The monoisotopic (exact) mass is 245 g/mol. The number of nitrogens with zero attached hydrogens (tertiary/aromatic N) is 1. The van der Waals surface area contributed by atoms with Crippen LogP contribution in [0.2, 0.25) is 0 Å². The summed E-state index contributed by atoms with van der Waals surface area (Å²) >= 11 is 0. The lowest BCUT2D eigenvalue weighted by atomic mass is 10.2. The number of carbonyl (C=O) groups excluding carboxylic acids is 1. The highest BCUT2D eigenvalue weighted by Gasteiger charge is 2.22. The molecule has 18 heavy (non-hydrogen) atoms. The summed E-state index contributed by atoms with van der Waals surface area (Å²) in [6, 6.07) is 5.68. The minimum atomic E-state index is -0.325. The van der Waals surface area contributed by atoms with E-state index in [-0.39, 0.29) is 11.7 Å². The zero-order chi connectivity index (χ0) is 12.5. The van der Waals surface area contributed by atoms with Gasteiger partial charge in [0, 0.05) is 16.9 Å². The zero-order valence-corrected chi connectivity index (χ0v) is 9.66. The molecule has 1 aromatic carbocycles. The second kappa shape index (κ2) is 4.25. The molecule has 3 rings (SSSR count). The predicted octanol–water partition coefficient (Wildman–Crippen LogP) is 2.29. The van der Waals surface area contributed by atoms with Crippen LogP contribution >= 0.6 is 0 Å². The molecule has 92 valence electrons. The Morgan fingerprint density at radius 3 is 2.83 bits per heavy atom. The van der Waals surface area contributed by atoms with Crippen LogP contribution in [0.3, 0.4) is 0 Å². The minimum Gasteiger partial charge on any atom is -0.321 e. The highest BCUT2D eigenvalue weighted by atomic mass is 19.1. The van der Waals surface area contributed by atoms with Crippen molar-refractivity contribution in [2.75, 3.05) is 5.32 Å². The molecule has 5 heteroatoms. The second-order valence-electron chi connectivity index (χ2n) is 4.34. The number of H-pyrrole nitrogens is 1. The molecule has 0 spiro atoms. The van der Waals surface area contributed by atoms with Gasteiger partial charge < -0.3 is 5.32 Å². The number of aromatic amines is 1. The molecule has 2 N–H and O–H groups in total. The molecule has 1 heterocycles. The van der Waals surface area contributed by atoms with Gasteiger partial charge in [0.2, 0.25) is 0 Å². The third-order valence-electron chi connectivity index (χ3n) is 3.12. The Kier molecular flexibility index (Phi) is 2.59. The van der Waals surface area contributed by atoms with E-state index in [9.17, 15) is 9.18 Å². The number of benzene rings is 1. The fraction of sp³-hybridized carbons (Fsp3) is 0.231. The summed E-state index contributed by atoms with van der Waals surface area (Å²) in [5.74, 6) is -0.574. The zero-order valence-electron chi connectivity index (χ0n) is 9.66. The summed E-state index contributed by atoms with van der Waals surface area (Å²) < 4.78 is 12.7. The molecule has 0 fully saturated rings. The Morgan fingerprint density at radius 2 is 2.06 bits per heavy atom. The number of amides is 1. The van der Waals surface area contributed by atoms with Gasteiger partial charge in [-0.25, -0.2) is 4.39 Å². The first-order chi connectivity index (χ1) is 8.74. The van der Waals surface area contributed by atoms with Crippen LogP contribution in [-0.2, 0) is 12.8 Å². The van der Waals surface area contributed by atoms with Gasteiger partial charge >= 0.3 is 0 Å². The van der Waals surface area contributed by atoms with Crippen molar-refractivity contribution in [1.82, 2.24) is 10.2 Å². The first-order valence-corrected chi connectivity index (χ1v) is 5.87. The minimum absolute atomic E-state index is 0.249. The molecule has 0 aliphatic heterocycles. The van der Waals surface area contributed by atoms with E-state index in [1.54, 1.807) is 0 Å². The highest BCUT2D eigenvalue weighted by Crippen LogP contribution is 2.23. The molecule has 1 aromatic heterocycles. The summed E-state index contributed by atoms with van der Waals surface area (Å²) in [6.07, 6.45) is 2.89. The Morgan fingerprint density at radius 1 is 1.28 bits per heavy atom. The molecule has 0 radical (unpaired) electrons. The molecule has 0 bridgehead atoms. The van der Waals surface area contributed by atoms with E-state index in [0.717, 1.165) is 30.5 Å². The molecule has 0 saturated heterocycles. The first kappa shape index (κ1) is 11.0. The number of rotatable bonds is 2. The summed E-state index contributed by atoms with van der Waals surface area (Å²) in [4.78, 5) is 12.0. The Hall–Kier alpha value is -2.17. The van der Waals surface area contributed by atoms with Gasteiger partial charge in [-0.1, -0.05) is 0 Å². The normalized spacial score (nSPS) is 13.4. The standard InChI is InChI=1S/C13H12FN3O/c14-8-4-6-9(7-5-8)15-13(18)12-10-2-1-3-11(10)16-17-12/h4-7H,1-3H2,(H,15,18)(H,16,17). The van der Waals surface area contributed by atoms with E-state index < -0.39 is 0 Å². The van der Waals surface area contributed by atoms with Crippen LogP contribution < -0.4 is 5.32 Å². The maximum atomic E-state index is 12.7. The number of aromatic nitrogens is 2. The molecular weight excluding hydrogens is 233 g/mol. The predicted molar refractivity (Wildman–Crippen MR) is 65.0 cm³/mol. The largest absolute Gasteiger partial charge is 0.321 e. The Bertz CT molecular complexity index is 589. The Labute approximate surface area is 103 Å². The molecule has 0 unspecified atom stereocenters. The third kappa shape index (κ3) is 1.88. The smallest absolute Gasteiger partial charge is 0.276 e. The van der Waals surface area contributed by atoms with Crippen molar-refractivity contribution in [3.05, 3.63) is 47.0 Å². The molecule has 1 aliphatic rings. The fourth-order valence-corrected chi connectivity index (χ4v) is 2.23. The number of hydrogen-bond donors (Lipinski definition) is 2. The van der Waals surface area contributed by atoms with Crippen LogP contribution in [0.4, 0.5) is 10.1 Å². The summed E-state index contributed by atoms with van der Waals surface area (Å²) in [5, 5.41) is 9.64. The molecule has 1 aliphatic carbocycles. The van der Waals surface area contributed by atoms with Crippen molar-refractivity contribution in [2.45, 2.75) is 19.3 Å². The van der Waals surface area contributed by atoms with E-state index in [1.807, 2.05) is 0 Å². The van der Waals surface area contributed by atoms with E-state index in [0.29, 0.717) is 11.4 Å². The van der Waals surface area contributed by atoms with Crippen LogP contribution in [0.1, 0.15) is 28.2 Å². The second-order valence-corrected chi connectivity index (χ2v) is 4.34. The van der Waals surface area contributed by atoms with Crippen molar-refractivity contribution >= 4 is 11.6 Å². The van der Waals surface area contributed by atoms with Crippen LogP contribution in [0.25, 0.3) is 0 Å². The maximum absolute atomic E-state index is 12.7. The summed E-state index contributed by atoms with van der Waals surface area (Å²) in [5.41, 5.74) is 3.08. The van der Waals surface area contributed by atoms with Crippen molar-refractivity contribution in [3.8, 4) is 0 Å². The van der Waals surface area contributed by atoms with E-state index >= 15 is 0 Å². The maximum Gasteiger partial charge on any atom is 0.276 e. The highest BCUT2D eigenvalue weighted by molar-refractivity contribution is 6.04. The average Bonchev–Trinajstić information content (AvgIpc) is 2.93.